The molecule has 1 aromatic carbocycles. The van der Waals surface area contributed by atoms with Crippen molar-refractivity contribution >= 4 is 0 Å². The van der Waals surface area contributed by atoms with Crippen LogP contribution in [0.2, 0.25) is 0 Å². The minimum Gasteiger partial charge on any atom is -0.497 e. The summed E-state index contributed by atoms with van der Waals surface area (Å²) in [5, 5.41) is 4.12. The molecule has 0 bridgehead atoms. The maximum atomic E-state index is 5.61. The van der Waals surface area contributed by atoms with Crippen LogP contribution in [0.25, 0.3) is 0 Å². The number of hydrogen-bond donors (Lipinski definition) is 1. The fraction of sp³-hybridized carbons (Fsp3) is 0.600. The number of ether oxygens (including phenoxy) is 1. The van der Waals surface area contributed by atoms with E-state index in [9.17, 15) is 0 Å². The average molecular weight is 356 g/mol. The van der Waals surface area contributed by atoms with Crippen LogP contribution in [0.1, 0.15) is 54.9 Å². The van der Waals surface area contributed by atoms with Crippen LogP contribution in [-0.4, -0.2) is 28.2 Å². The van der Waals surface area contributed by atoms with Crippen molar-refractivity contribution in [2.75, 3.05) is 7.11 Å². The van der Waals surface area contributed by atoms with Crippen LogP contribution >= 0.6 is 0 Å². The molecule has 2 aromatic rings. The summed E-state index contributed by atoms with van der Waals surface area (Å²) in [4.78, 5) is 6.95. The maximum absolute atomic E-state index is 5.61. The molecule has 2 aliphatic rings. The smallest absolute Gasteiger partial charge is 0.240 e. The summed E-state index contributed by atoms with van der Waals surface area (Å²) in [5.41, 5.74) is 8.41. The Morgan fingerprint density at radius 3 is 2.81 bits per heavy atom. The zero-order chi connectivity index (χ0) is 17.9. The van der Waals surface area contributed by atoms with Gasteiger partial charge in [0.05, 0.1) is 20.2 Å². The van der Waals surface area contributed by atoms with Gasteiger partial charge in [0.25, 0.3) is 0 Å². The minimum atomic E-state index is 0.291. The Bertz CT molecular complexity index is 739. The lowest BCUT2D eigenvalue weighted by Gasteiger charge is -2.42. The van der Waals surface area contributed by atoms with Gasteiger partial charge in [-0.1, -0.05) is 30.5 Å². The number of aromatic nitrogens is 2. The monoisotopic (exact) mass is 356 g/mol. The van der Waals surface area contributed by atoms with Crippen molar-refractivity contribution < 1.29 is 9.26 Å². The third-order valence-electron chi connectivity index (χ3n) is 5.91. The molecule has 2 heterocycles. The molecule has 1 fully saturated rings. The normalized spacial score (nSPS) is 21.5. The van der Waals surface area contributed by atoms with Crippen LogP contribution in [0.5, 0.6) is 5.75 Å². The predicted octanol–water partition coefficient (Wildman–Crippen LogP) is 3.04. The second kappa shape index (κ2) is 7.76. The second-order valence-electron chi connectivity index (χ2n) is 7.52. The lowest BCUT2D eigenvalue weighted by molar-refractivity contribution is 0.0877. The van der Waals surface area contributed by atoms with E-state index in [4.69, 9.17) is 15.0 Å². The predicted molar refractivity (Wildman–Crippen MR) is 98.5 cm³/mol. The van der Waals surface area contributed by atoms with Crippen molar-refractivity contribution in [2.24, 2.45) is 11.7 Å². The SMILES string of the molecule is COc1ccc2c(c1)CN(Cc1noc(CN)n1)C(C1CCCCC1)C2. The summed E-state index contributed by atoms with van der Waals surface area (Å²) < 4.78 is 10.6. The van der Waals surface area contributed by atoms with Gasteiger partial charge in [-0.2, -0.15) is 4.98 Å². The summed E-state index contributed by atoms with van der Waals surface area (Å²) in [6.07, 6.45) is 7.82. The van der Waals surface area contributed by atoms with E-state index < -0.39 is 0 Å². The molecular weight excluding hydrogens is 328 g/mol. The molecule has 26 heavy (non-hydrogen) atoms. The highest BCUT2D eigenvalue weighted by Gasteiger charge is 2.33. The van der Waals surface area contributed by atoms with Crippen LogP contribution in [0, 0.1) is 5.92 Å². The molecule has 140 valence electrons. The molecule has 0 saturated heterocycles. The number of fused-ring (bicyclic) bond motifs is 1. The minimum absolute atomic E-state index is 0.291. The molecule has 0 amide bonds. The van der Waals surface area contributed by atoms with Crippen molar-refractivity contribution in [1.29, 1.82) is 0 Å². The molecular formula is C20H28N4O2. The maximum Gasteiger partial charge on any atom is 0.240 e. The van der Waals surface area contributed by atoms with E-state index in [1.54, 1.807) is 7.11 Å². The van der Waals surface area contributed by atoms with E-state index in [0.717, 1.165) is 30.5 Å². The lowest BCUT2D eigenvalue weighted by atomic mass is 9.78. The summed E-state index contributed by atoms with van der Waals surface area (Å²) in [7, 11) is 1.72. The fourth-order valence-corrected chi connectivity index (χ4v) is 4.54. The zero-order valence-electron chi connectivity index (χ0n) is 15.5. The van der Waals surface area contributed by atoms with Gasteiger partial charge in [-0.25, -0.2) is 0 Å². The molecule has 1 aliphatic heterocycles. The van der Waals surface area contributed by atoms with Crippen molar-refractivity contribution in [2.45, 2.75) is 64.2 Å². The van der Waals surface area contributed by atoms with Crippen LogP contribution in [-0.2, 0) is 26.1 Å². The van der Waals surface area contributed by atoms with Crippen molar-refractivity contribution in [1.82, 2.24) is 15.0 Å². The first-order valence-electron chi connectivity index (χ1n) is 9.68. The molecule has 1 aromatic heterocycles. The van der Waals surface area contributed by atoms with E-state index in [-0.39, 0.29) is 0 Å². The van der Waals surface area contributed by atoms with E-state index in [1.807, 2.05) is 0 Å². The Hall–Kier alpha value is -1.92. The average Bonchev–Trinajstić information content (AvgIpc) is 3.15. The topological polar surface area (TPSA) is 77.4 Å². The van der Waals surface area contributed by atoms with Crippen molar-refractivity contribution in [3.8, 4) is 5.75 Å². The Labute approximate surface area is 154 Å². The van der Waals surface area contributed by atoms with Gasteiger partial charge in [-0.15, -0.1) is 0 Å². The van der Waals surface area contributed by atoms with Gasteiger partial charge < -0.3 is 15.0 Å². The highest BCUT2D eigenvalue weighted by molar-refractivity contribution is 5.37. The number of hydrogen-bond acceptors (Lipinski definition) is 6. The van der Waals surface area contributed by atoms with Gasteiger partial charge in [0.15, 0.2) is 5.82 Å². The molecule has 6 heteroatoms. The van der Waals surface area contributed by atoms with Crippen LogP contribution in [0.4, 0.5) is 0 Å². The first kappa shape index (κ1) is 17.5. The molecule has 1 unspecified atom stereocenters. The third-order valence-corrected chi connectivity index (χ3v) is 5.91. The Kier molecular flexibility index (Phi) is 5.22. The van der Waals surface area contributed by atoms with Crippen LogP contribution in [0.15, 0.2) is 22.7 Å². The number of rotatable bonds is 5. The van der Waals surface area contributed by atoms with Gasteiger partial charge in [0.2, 0.25) is 5.89 Å². The van der Waals surface area contributed by atoms with Crippen LogP contribution < -0.4 is 10.5 Å². The summed E-state index contributed by atoms with van der Waals surface area (Å²) >= 11 is 0. The molecule has 1 saturated carbocycles. The molecule has 0 radical (unpaired) electrons. The molecule has 4 rings (SSSR count). The number of methoxy groups -OCH3 is 1. The van der Waals surface area contributed by atoms with Gasteiger partial charge in [-0.3, -0.25) is 4.90 Å². The van der Waals surface area contributed by atoms with E-state index >= 15 is 0 Å². The zero-order valence-corrected chi connectivity index (χ0v) is 15.5. The summed E-state index contributed by atoms with van der Waals surface area (Å²) in [6.45, 7) is 1.90. The fourth-order valence-electron chi connectivity index (χ4n) is 4.54. The van der Waals surface area contributed by atoms with E-state index in [0.29, 0.717) is 25.0 Å². The van der Waals surface area contributed by atoms with Crippen molar-refractivity contribution in [3.05, 3.63) is 41.0 Å². The molecule has 1 aliphatic carbocycles. The molecule has 6 nitrogen and oxygen atoms in total. The number of benzene rings is 1. The molecule has 2 N–H and O–H groups in total. The largest absolute Gasteiger partial charge is 0.497 e. The highest BCUT2D eigenvalue weighted by atomic mass is 16.5. The quantitative estimate of drug-likeness (QED) is 0.887. The second-order valence-corrected chi connectivity index (χ2v) is 7.52. The first-order valence-corrected chi connectivity index (χ1v) is 9.68. The summed E-state index contributed by atoms with van der Waals surface area (Å²) in [5.74, 6) is 2.91. The molecule has 1 atom stereocenters. The Morgan fingerprint density at radius 1 is 1.23 bits per heavy atom. The molecule has 0 spiro atoms. The van der Waals surface area contributed by atoms with Gasteiger partial charge in [0.1, 0.15) is 5.75 Å². The number of nitrogens with zero attached hydrogens (tertiary/aromatic N) is 3. The van der Waals surface area contributed by atoms with Gasteiger partial charge >= 0.3 is 0 Å². The highest BCUT2D eigenvalue weighted by Crippen LogP contribution is 2.36. The Balaban J connectivity index is 1.59. The van der Waals surface area contributed by atoms with Gasteiger partial charge in [0, 0.05) is 12.6 Å². The first-order chi connectivity index (χ1) is 12.8. The van der Waals surface area contributed by atoms with Crippen LogP contribution in [0.3, 0.4) is 0 Å². The van der Waals surface area contributed by atoms with E-state index in [1.165, 1.54) is 43.2 Å². The van der Waals surface area contributed by atoms with Crippen molar-refractivity contribution in [3.63, 3.8) is 0 Å². The van der Waals surface area contributed by atoms with E-state index in [2.05, 4.69) is 33.2 Å². The summed E-state index contributed by atoms with van der Waals surface area (Å²) in [6, 6.07) is 7.03. The number of nitrogens with two attached hydrogens (primary N) is 1. The standard InChI is InChI=1S/C20H28N4O2/c1-25-17-8-7-15-10-18(14-5-3-2-4-6-14)24(12-16(15)9-17)13-19-22-20(11-21)26-23-19/h7-9,14,18H,2-6,10-13,21H2,1H3. The van der Waals surface area contributed by atoms with Gasteiger partial charge in [-0.05, 0) is 48.4 Å². The Morgan fingerprint density at radius 2 is 2.08 bits per heavy atom. The lowest BCUT2D eigenvalue weighted by Crippen LogP contribution is -2.45. The third kappa shape index (κ3) is 3.62.